The van der Waals surface area contributed by atoms with Gasteiger partial charge in [0, 0.05) is 7.05 Å². The number of aromatic nitrogens is 3. The summed E-state index contributed by atoms with van der Waals surface area (Å²) >= 11 is 0. The second kappa shape index (κ2) is 8.23. The first-order chi connectivity index (χ1) is 12.3. The Morgan fingerprint density at radius 2 is 2.00 bits per heavy atom. The van der Waals surface area contributed by atoms with Gasteiger partial charge >= 0.3 is 18.3 Å². The lowest BCUT2D eigenvalue weighted by molar-refractivity contribution is -0.154. The molecule has 1 atom stereocenters. The minimum Gasteiger partial charge on any atom is -0.451 e. The molecule has 9 nitrogen and oxygen atoms in total. The van der Waals surface area contributed by atoms with E-state index in [0.29, 0.717) is 0 Å². The Morgan fingerprint density at radius 3 is 2.62 bits per heavy atom. The molecule has 2 rings (SSSR count). The Labute approximate surface area is 146 Å². The molecule has 140 valence electrons. The Morgan fingerprint density at radius 1 is 1.31 bits per heavy atom. The summed E-state index contributed by atoms with van der Waals surface area (Å²) in [4.78, 5) is 35.5. The molecule has 1 amide bonds. The number of nitrogens with zero attached hydrogens (tertiary/aromatic N) is 3. The number of amides is 1. The van der Waals surface area contributed by atoms with Gasteiger partial charge in [0.05, 0.1) is 5.69 Å². The number of esters is 1. The van der Waals surface area contributed by atoms with E-state index in [4.69, 9.17) is 4.74 Å². The first kappa shape index (κ1) is 19.1. The number of anilines is 1. The number of halogens is 2. The van der Waals surface area contributed by atoms with E-state index in [9.17, 15) is 23.2 Å². The van der Waals surface area contributed by atoms with Crippen molar-refractivity contribution in [3.05, 3.63) is 41.1 Å². The number of carbonyl (C=O) groups excluding carboxylic acids is 2. The summed E-state index contributed by atoms with van der Waals surface area (Å²) in [6, 6.07) is 5.59. The summed E-state index contributed by atoms with van der Waals surface area (Å²) in [5.74, 6) is -1.84. The largest absolute Gasteiger partial charge is 0.451 e. The predicted molar refractivity (Wildman–Crippen MR) is 84.7 cm³/mol. The predicted octanol–water partition coefficient (Wildman–Crippen LogP) is 0.754. The molecule has 0 saturated carbocycles. The van der Waals surface area contributed by atoms with Gasteiger partial charge in [-0.15, -0.1) is 0 Å². The maximum absolute atomic E-state index is 12.4. The maximum Gasteiger partial charge on any atom is 0.387 e. The molecule has 2 aromatic rings. The minimum absolute atomic E-state index is 0.00152. The lowest BCUT2D eigenvalue weighted by Gasteiger charge is -2.15. The molecule has 1 aromatic heterocycles. The number of hydrogen-bond donors (Lipinski definition) is 1. The van der Waals surface area contributed by atoms with Gasteiger partial charge in [-0.05, 0) is 19.1 Å². The number of ether oxygens (including phenoxy) is 2. The van der Waals surface area contributed by atoms with Crippen molar-refractivity contribution in [3.63, 3.8) is 0 Å². The minimum atomic E-state index is -3.06. The van der Waals surface area contributed by atoms with E-state index in [1.165, 1.54) is 49.1 Å². The summed E-state index contributed by atoms with van der Waals surface area (Å²) in [5, 5.41) is 6.03. The molecule has 26 heavy (non-hydrogen) atoms. The highest BCUT2D eigenvalue weighted by Gasteiger charge is 2.21. The van der Waals surface area contributed by atoms with Crippen LogP contribution in [-0.4, -0.2) is 38.9 Å². The van der Waals surface area contributed by atoms with Crippen LogP contribution in [0.5, 0.6) is 5.75 Å². The third-order valence-electron chi connectivity index (χ3n) is 3.20. The Kier molecular flexibility index (Phi) is 6.04. The first-order valence-electron chi connectivity index (χ1n) is 7.40. The summed E-state index contributed by atoms with van der Waals surface area (Å²) in [5.41, 5.74) is -0.515. The highest BCUT2D eigenvalue weighted by atomic mass is 19.3. The lowest BCUT2D eigenvalue weighted by atomic mass is 10.2. The average molecular weight is 370 g/mol. The normalized spacial score (nSPS) is 11.9. The first-order valence-corrected chi connectivity index (χ1v) is 7.40. The van der Waals surface area contributed by atoms with Crippen molar-refractivity contribution in [2.75, 3.05) is 5.32 Å². The van der Waals surface area contributed by atoms with E-state index in [-0.39, 0.29) is 11.4 Å². The lowest BCUT2D eigenvalue weighted by Crippen LogP contribution is -2.33. The maximum atomic E-state index is 12.4. The number of para-hydroxylation sites is 2. The van der Waals surface area contributed by atoms with Crippen molar-refractivity contribution in [2.24, 2.45) is 7.05 Å². The van der Waals surface area contributed by atoms with E-state index in [1.807, 2.05) is 0 Å². The van der Waals surface area contributed by atoms with Gasteiger partial charge in [-0.3, -0.25) is 14.2 Å². The van der Waals surface area contributed by atoms with E-state index >= 15 is 0 Å². The SMILES string of the molecule is C[C@H](OC(=O)Cn1ncn(C)c1=O)C(=O)Nc1ccccc1OC(F)F. The van der Waals surface area contributed by atoms with Gasteiger partial charge in [-0.1, -0.05) is 12.1 Å². The van der Waals surface area contributed by atoms with Crippen LogP contribution in [0.2, 0.25) is 0 Å². The van der Waals surface area contributed by atoms with Gasteiger partial charge in [0.2, 0.25) is 0 Å². The van der Waals surface area contributed by atoms with Crippen LogP contribution in [0.15, 0.2) is 35.4 Å². The van der Waals surface area contributed by atoms with Gasteiger partial charge in [0.1, 0.15) is 18.6 Å². The van der Waals surface area contributed by atoms with Gasteiger partial charge in [-0.25, -0.2) is 9.48 Å². The third-order valence-corrected chi connectivity index (χ3v) is 3.20. The van der Waals surface area contributed by atoms with Crippen LogP contribution in [0.1, 0.15) is 6.92 Å². The van der Waals surface area contributed by atoms with Crippen molar-refractivity contribution in [3.8, 4) is 5.75 Å². The van der Waals surface area contributed by atoms with Crippen molar-refractivity contribution in [1.82, 2.24) is 14.3 Å². The zero-order valence-corrected chi connectivity index (χ0v) is 13.9. The second-order valence-electron chi connectivity index (χ2n) is 5.18. The summed E-state index contributed by atoms with van der Waals surface area (Å²) in [6.07, 6.45) is -0.00683. The molecule has 1 aromatic carbocycles. The fourth-order valence-electron chi connectivity index (χ4n) is 1.94. The molecular formula is C15H16F2N4O5. The molecule has 0 fully saturated rings. The molecule has 0 aliphatic carbocycles. The van der Waals surface area contributed by atoms with E-state index in [0.717, 1.165) is 4.68 Å². The van der Waals surface area contributed by atoms with Crippen molar-refractivity contribution >= 4 is 17.6 Å². The average Bonchev–Trinajstić information content (AvgIpc) is 2.88. The number of rotatable bonds is 7. The Hall–Kier alpha value is -3.24. The Bertz CT molecular complexity index is 849. The number of aryl methyl sites for hydroxylation is 1. The summed E-state index contributed by atoms with van der Waals surface area (Å²) in [6.45, 7) is -2.23. The van der Waals surface area contributed by atoms with Crippen molar-refractivity contribution < 1.29 is 27.8 Å². The van der Waals surface area contributed by atoms with Crippen LogP contribution in [0.25, 0.3) is 0 Å². The summed E-state index contributed by atoms with van der Waals surface area (Å²) < 4.78 is 36.0. The molecule has 0 bridgehead atoms. The van der Waals surface area contributed by atoms with E-state index in [2.05, 4.69) is 15.2 Å². The van der Waals surface area contributed by atoms with Gasteiger partial charge in [0.25, 0.3) is 5.91 Å². The number of nitrogens with one attached hydrogen (secondary N) is 1. The third kappa shape index (κ3) is 4.88. The molecule has 0 spiro atoms. The molecule has 11 heteroatoms. The van der Waals surface area contributed by atoms with E-state index in [1.54, 1.807) is 0 Å². The number of alkyl halides is 2. The molecule has 0 aliphatic heterocycles. The summed E-state index contributed by atoms with van der Waals surface area (Å²) in [7, 11) is 1.46. The smallest absolute Gasteiger partial charge is 0.387 e. The quantitative estimate of drug-likeness (QED) is 0.722. The molecule has 0 unspecified atom stereocenters. The van der Waals surface area contributed by atoms with Gasteiger partial charge in [0.15, 0.2) is 6.10 Å². The number of benzene rings is 1. The second-order valence-corrected chi connectivity index (χ2v) is 5.18. The Balaban J connectivity index is 1.96. The fraction of sp³-hybridized carbons (Fsp3) is 0.333. The molecule has 1 N–H and O–H groups in total. The monoisotopic (exact) mass is 370 g/mol. The van der Waals surface area contributed by atoms with Crippen LogP contribution in [0.4, 0.5) is 14.5 Å². The van der Waals surface area contributed by atoms with Crippen LogP contribution >= 0.6 is 0 Å². The molecular weight excluding hydrogens is 354 g/mol. The topological polar surface area (TPSA) is 104 Å². The van der Waals surface area contributed by atoms with Crippen LogP contribution < -0.4 is 15.7 Å². The molecule has 0 aliphatic rings. The number of carbonyl (C=O) groups is 2. The zero-order valence-electron chi connectivity index (χ0n) is 13.9. The highest BCUT2D eigenvalue weighted by molar-refractivity contribution is 5.96. The van der Waals surface area contributed by atoms with Crippen LogP contribution in [-0.2, 0) is 27.9 Å². The van der Waals surface area contributed by atoms with Gasteiger partial charge in [-0.2, -0.15) is 13.9 Å². The van der Waals surface area contributed by atoms with Crippen molar-refractivity contribution in [1.29, 1.82) is 0 Å². The molecule has 0 saturated heterocycles. The number of hydrogen-bond acceptors (Lipinski definition) is 6. The van der Waals surface area contributed by atoms with Crippen LogP contribution in [0.3, 0.4) is 0 Å². The molecule has 1 heterocycles. The van der Waals surface area contributed by atoms with Gasteiger partial charge < -0.3 is 14.8 Å². The van der Waals surface area contributed by atoms with Crippen LogP contribution in [0, 0.1) is 0 Å². The van der Waals surface area contributed by atoms with E-state index < -0.39 is 36.8 Å². The fourth-order valence-corrected chi connectivity index (χ4v) is 1.94. The highest BCUT2D eigenvalue weighted by Crippen LogP contribution is 2.25. The van der Waals surface area contributed by atoms with Crippen molar-refractivity contribution in [2.45, 2.75) is 26.2 Å². The molecule has 0 radical (unpaired) electrons. The standard InChI is InChI=1S/C15H16F2N4O5/c1-9(25-12(22)7-21-15(24)20(2)8-18-21)13(23)19-10-5-3-4-6-11(10)26-14(16)17/h3-6,8-9,14H,7H2,1-2H3,(H,19,23)/t9-/m0/s1. The zero-order chi connectivity index (χ0) is 19.3.